The monoisotopic (exact) mass is 382 g/mol. The third-order valence-corrected chi connectivity index (χ3v) is 4.40. The summed E-state index contributed by atoms with van der Waals surface area (Å²) in [6.07, 6.45) is 1.10. The molecule has 0 aliphatic heterocycles. The molecule has 0 fully saturated rings. The zero-order valence-corrected chi connectivity index (χ0v) is 14.9. The minimum atomic E-state index is -1.96. The molecule has 0 spiro atoms. The van der Waals surface area contributed by atoms with Gasteiger partial charge in [-0.2, -0.15) is 5.10 Å². The lowest BCUT2D eigenvalue weighted by Crippen LogP contribution is -2.43. The molecule has 4 nitrogen and oxygen atoms in total. The van der Waals surface area contributed by atoms with Gasteiger partial charge < -0.3 is 5.11 Å². The molecule has 0 heterocycles. The molecule has 3 aromatic carbocycles. The highest BCUT2D eigenvalue weighted by Crippen LogP contribution is 2.29. The Morgan fingerprint density at radius 2 is 1.52 bits per heavy atom. The van der Waals surface area contributed by atoms with Crippen molar-refractivity contribution in [2.45, 2.75) is 5.60 Å². The van der Waals surface area contributed by atoms with Gasteiger partial charge >= 0.3 is 0 Å². The van der Waals surface area contributed by atoms with Crippen LogP contribution < -0.4 is 5.43 Å². The zero-order valence-electron chi connectivity index (χ0n) is 14.1. The third-order valence-electron chi connectivity index (χ3n) is 4.07. The molecule has 0 aromatic heterocycles. The van der Waals surface area contributed by atoms with Gasteiger partial charge in [-0.15, -0.1) is 0 Å². The van der Waals surface area contributed by atoms with Gasteiger partial charge in [0, 0.05) is 5.56 Å². The maximum absolute atomic E-state index is 13.8. The molecule has 0 bridgehead atoms. The van der Waals surface area contributed by atoms with E-state index in [1.54, 1.807) is 60.7 Å². The van der Waals surface area contributed by atoms with E-state index in [0.29, 0.717) is 11.1 Å². The molecule has 3 aromatic rings. The quantitative estimate of drug-likeness (QED) is 0.520. The lowest BCUT2D eigenvalue weighted by molar-refractivity contribution is -0.136. The predicted octanol–water partition coefficient (Wildman–Crippen LogP) is 3.87. The molecule has 3 rings (SSSR count). The van der Waals surface area contributed by atoms with Crippen LogP contribution in [0.15, 0.2) is 84.0 Å². The summed E-state index contributed by atoms with van der Waals surface area (Å²) in [6, 6.07) is 21.2. The number of benzene rings is 3. The van der Waals surface area contributed by atoms with Gasteiger partial charge in [0.1, 0.15) is 5.82 Å². The van der Waals surface area contributed by atoms with Crippen molar-refractivity contribution in [2.75, 3.05) is 0 Å². The third kappa shape index (κ3) is 3.89. The van der Waals surface area contributed by atoms with Gasteiger partial charge in [-0.05, 0) is 23.3 Å². The van der Waals surface area contributed by atoms with Gasteiger partial charge in [0.25, 0.3) is 5.91 Å². The molecule has 0 aliphatic rings. The van der Waals surface area contributed by atoms with Crippen molar-refractivity contribution < 1.29 is 14.3 Å². The zero-order chi connectivity index (χ0) is 19.3. The number of rotatable bonds is 5. The smallest absolute Gasteiger partial charge is 0.281 e. The van der Waals surface area contributed by atoms with Gasteiger partial charge in [-0.3, -0.25) is 4.79 Å². The Morgan fingerprint density at radius 1 is 0.963 bits per heavy atom. The SMILES string of the molecule is O=C(N/N=C\c1c(F)cccc1Cl)C(O)(c1ccccc1)c1ccccc1. The van der Waals surface area contributed by atoms with Gasteiger partial charge in [-0.1, -0.05) is 78.3 Å². The molecule has 0 atom stereocenters. The molecule has 1 amide bonds. The van der Waals surface area contributed by atoms with Crippen molar-refractivity contribution >= 4 is 23.7 Å². The number of carbonyl (C=O) groups is 1. The minimum Gasteiger partial charge on any atom is -0.372 e. The van der Waals surface area contributed by atoms with Gasteiger partial charge in [0.2, 0.25) is 0 Å². The lowest BCUT2D eigenvalue weighted by atomic mass is 9.85. The average Bonchev–Trinajstić information content (AvgIpc) is 2.70. The Balaban J connectivity index is 1.92. The van der Waals surface area contributed by atoms with Crippen LogP contribution in [-0.2, 0) is 10.4 Å². The highest BCUT2D eigenvalue weighted by molar-refractivity contribution is 6.33. The minimum absolute atomic E-state index is 0.0439. The second kappa shape index (κ2) is 8.12. The normalized spacial score (nSPS) is 11.5. The number of hydrogen-bond donors (Lipinski definition) is 2. The summed E-state index contributed by atoms with van der Waals surface area (Å²) >= 11 is 5.93. The maximum Gasteiger partial charge on any atom is 0.281 e. The number of nitrogens with zero attached hydrogens (tertiary/aromatic N) is 1. The van der Waals surface area contributed by atoms with E-state index in [2.05, 4.69) is 10.5 Å². The summed E-state index contributed by atoms with van der Waals surface area (Å²) in [5.74, 6) is -1.34. The van der Waals surface area contributed by atoms with Crippen molar-refractivity contribution in [3.63, 3.8) is 0 Å². The van der Waals surface area contributed by atoms with Gasteiger partial charge in [0.15, 0.2) is 5.60 Å². The Kier molecular flexibility index (Phi) is 5.64. The van der Waals surface area contributed by atoms with Crippen LogP contribution in [0.3, 0.4) is 0 Å². The standard InChI is InChI=1S/C21H16ClFN2O2/c22-18-12-7-13-19(23)17(18)14-24-25-20(26)21(27,15-8-3-1-4-9-15)16-10-5-2-6-11-16/h1-14,27H,(H,25,26)/b24-14-. The lowest BCUT2D eigenvalue weighted by Gasteiger charge is -2.27. The summed E-state index contributed by atoms with van der Waals surface area (Å²) in [7, 11) is 0. The van der Waals surface area contributed by atoms with E-state index < -0.39 is 17.3 Å². The first-order valence-corrected chi connectivity index (χ1v) is 8.52. The summed E-state index contributed by atoms with van der Waals surface area (Å²) in [6.45, 7) is 0. The second-order valence-corrected chi connectivity index (χ2v) is 6.18. The molecule has 0 saturated heterocycles. The number of amides is 1. The van der Waals surface area contributed by atoms with Crippen LogP contribution in [-0.4, -0.2) is 17.2 Å². The maximum atomic E-state index is 13.8. The van der Waals surface area contributed by atoms with E-state index in [-0.39, 0.29) is 10.6 Å². The van der Waals surface area contributed by atoms with Crippen LogP contribution in [0.25, 0.3) is 0 Å². The highest BCUT2D eigenvalue weighted by Gasteiger charge is 2.39. The van der Waals surface area contributed by atoms with Gasteiger partial charge in [0.05, 0.1) is 11.2 Å². The van der Waals surface area contributed by atoms with Crippen LogP contribution >= 0.6 is 11.6 Å². The first kappa shape index (κ1) is 18.8. The molecule has 27 heavy (non-hydrogen) atoms. The summed E-state index contributed by atoms with van der Waals surface area (Å²) < 4.78 is 13.8. The van der Waals surface area contributed by atoms with Crippen molar-refractivity contribution in [1.29, 1.82) is 0 Å². The largest absolute Gasteiger partial charge is 0.372 e. The summed E-state index contributed by atoms with van der Waals surface area (Å²) in [5, 5.41) is 15.2. The number of hydrazone groups is 1. The van der Waals surface area contributed by atoms with Crippen molar-refractivity contribution in [3.8, 4) is 0 Å². The number of nitrogens with one attached hydrogen (secondary N) is 1. The molecule has 0 unspecified atom stereocenters. The van der Waals surface area contributed by atoms with E-state index in [0.717, 1.165) is 6.21 Å². The molecule has 0 aliphatic carbocycles. The first-order chi connectivity index (χ1) is 13.0. The van der Waals surface area contributed by atoms with Crippen molar-refractivity contribution in [2.24, 2.45) is 5.10 Å². The van der Waals surface area contributed by atoms with Crippen LogP contribution in [0.5, 0.6) is 0 Å². The fraction of sp³-hybridized carbons (Fsp3) is 0.0476. The second-order valence-electron chi connectivity index (χ2n) is 5.78. The Bertz CT molecular complexity index is 903. The Labute approximate surface area is 160 Å². The topological polar surface area (TPSA) is 61.7 Å². The molecule has 6 heteroatoms. The fourth-order valence-electron chi connectivity index (χ4n) is 2.66. The molecular weight excluding hydrogens is 367 g/mol. The number of aliphatic hydroxyl groups is 1. The number of halogens is 2. The van der Waals surface area contributed by atoms with E-state index in [9.17, 15) is 14.3 Å². The van der Waals surface area contributed by atoms with Gasteiger partial charge in [-0.25, -0.2) is 9.82 Å². The van der Waals surface area contributed by atoms with E-state index in [4.69, 9.17) is 11.6 Å². The van der Waals surface area contributed by atoms with Crippen LogP contribution in [0.1, 0.15) is 16.7 Å². The Hall–Kier alpha value is -3.02. The Morgan fingerprint density at radius 3 is 2.04 bits per heavy atom. The first-order valence-electron chi connectivity index (χ1n) is 8.14. The van der Waals surface area contributed by atoms with Crippen molar-refractivity contribution in [3.05, 3.63) is 106 Å². The molecule has 136 valence electrons. The predicted molar refractivity (Wildman–Crippen MR) is 103 cm³/mol. The number of carbonyl (C=O) groups excluding carboxylic acids is 1. The van der Waals surface area contributed by atoms with E-state index in [1.807, 2.05) is 0 Å². The van der Waals surface area contributed by atoms with Crippen molar-refractivity contribution in [1.82, 2.24) is 5.43 Å². The molecule has 2 N–H and O–H groups in total. The molecule has 0 radical (unpaired) electrons. The summed E-state index contributed by atoms with van der Waals surface area (Å²) in [5.41, 5.74) is 1.13. The molecule has 0 saturated carbocycles. The van der Waals surface area contributed by atoms with E-state index >= 15 is 0 Å². The average molecular weight is 383 g/mol. The summed E-state index contributed by atoms with van der Waals surface area (Å²) in [4.78, 5) is 12.8. The van der Waals surface area contributed by atoms with Crippen LogP contribution in [0.2, 0.25) is 5.02 Å². The van der Waals surface area contributed by atoms with E-state index in [1.165, 1.54) is 18.2 Å². The fourth-order valence-corrected chi connectivity index (χ4v) is 2.87. The number of hydrogen-bond acceptors (Lipinski definition) is 3. The van der Waals surface area contributed by atoms with Crippen LogP contribution in [0.4, 0.5) is 4.39 Å². The highest BCUT2D eigenvalue weighted by atomic mass is 35.5. The van der Waals surface area contributed by atoms with Crippen LogP contribution in [0, 0.1) is 5.82 Å². The molecular formula is C21H16ClFN2O2.